The van der Waals surface area contributed by atoms with Crippen LogP contribution < -0.4 is 0 Å². The molecule has 0 bridgehead atoms. The first kappa shape index (κ1) is 65.1. The number of carbonyl (C=O) groups is 3. The van der Waals surface area contributed by atoms with Crippen molar-refractivity contribution in [2.24, 2.45) is 0 Å². The summed E-state index contributed by atoms with van der Waals surface area (Å²) in [5.41, 5.74) is 0. The monoisotopic (exact) mass is 951 g/mol. The Hall–Kier alpha value is -2.89. The van der Waals surface area contributed by atoms with E-state index >= 15 is 0 Å². The minimum absolute atomic E-state index is 0.0716. The molecule has 0 rings (SSSR count). The summed E-state index contributed by atoms with van der Waals surface area (Å²) in [6, 6.07) is 0. The Bertz CT molecular complexity index is 1230. The van der Waals surface area contributed by atoms with Crippen molar-refractivity contribution in [1.82, 2.24) is 0 Å². The third kappa shape index (κ3) is 54.1. The van der Waals surface area contributed by atoms with Gasteiger partial charge in [0, 0.05) is 19.3 Å². The molecule has 1 unspecified atom stereocenters. The molecule has 0 fully saturated rings. The number of rotatable bonds is 53. The lowest BCUT2D eigenvalue weighted by molar-refractivity contribution is -0.167. The van der Waals surface area contributed by atoms with Crippen molar-refractivity contribution in [3.63, 3.8) is 0 Å². The van der Waals surface area contributed by atoms with Crippen LogP contribution in [0.25, 0.3) is 0 Å². The van der Waals surface area contributed by atoms with Crippen molar-refractivity contribution >= 4 is 17.9 Å². The number of ether oxygens (including phenoxy) is 3. The highest BCUT2D eigenvalue weighted by molar-refractivity contribution is 5.71. The number of unbranched alkanes of at least 4 members (excludes halogenated alkanes) is 32. The summed E-state index contributed by atoms with van der Waals surface area (Å²) in [4.78, 5) is 37.9. The molecule has 0 aliphatic carbocycles. The van der Waals surface area contributed by atoms with Gasteiger partial charge in [0.25, 0.3) is 0 Å². The molecule has 0 aliphatic rings. The highest BCUT2D eigenvalue weighted by atomic mass is 16.6. The molecule has 394 valence electrons. The van der Waals surface area contributed by atoms with E-state index in [0.29, 0.717) is 19.3 Å². The summed E-state index contributed by atoms with van der Waals surface area (Å²) in [5, 5.41) is 0. The first-order valence-electron chi connectivity index (χ1n) is 29.3. The van der Waals surface area contributed by atoms with Gasteiger partial charge in [0.15, 0.2) is 6.10 Å². The molecule has 6 nitrogen and oxygen atoms in total. The fraction of sp³-hybridized carbons (Fsp3) is 0.790. The Morgan fingerprint density at radius 1 is 0.309 bits per heavy atom. The topological polar surface area (TPSA) is 78.9 Å². The van der Waals surface area contributed by atoms with Gasteiger partial charge >= 0.3 is 17.9 Å². The summed E-state index contributed by atoms with van der Waals surface area (Å²) in [6.07, 6.45) is 71.0. The number of hydrogen-bond donors (Lipinski definition) is 0. The minimum Gasteiger partial charge on any atom is -0.462 e. The maximum Gasteiger partial charge on any atom is 0.306 e. The molecule has 0 amide bonds. The molecule has 0 aliphatic heterocycles. The van der Waals surface area contributed by atoms with Gasteiger partial charge in [0.1, 0.15) is 13.2 Å². The normalized spacial score (nSPS) is 12.5. The van der Waals surface area contributed by atoms with Crippen molar-refractivity contribution < 1.29 is 28.6 Å². The maximum absolute atomic E-state index is 12.8. The highest BCUT2D eigenvalue weighted by Crippen LogP contribution is 2.17. The quantitative estimate of drug-likeness (QED) is 0.0262. The average Bonchev–Trinajstić information content (AvgIpc) is 3.34. The van der Waals surface area contributed by atoms with Gasteiger partial charge in [-0.05, 0) is 64.2 Å². The molecule has 0 aromatic rings. The zero-order chi connectivity index (χ0) is 49.3. The molecular formula is C62H110O6. The van der Waals surface area contributed by atoms with Crippen molar-refractivity contribution in [3.05, 3.63) is 60.8 Å². The zero-order valence-electron chi connectivity index (χ0n) is 45.1. The van der Waals surface area contributed by atoms with Gasteiger partial charge in [-0.25, -0.2) is 0 Å². The highest BCUT2D eigenvalue weighted by Gasteiger charge is 2.19. The van der Waals surface area contributed by atoms with Crippen LogP contribution in [-0.2, 0) is 28.6 Å². The predicted octanol–water partition coefficient (Wildman–Crippen LogP) is 19.6. The van der Waals surface area contributed by atoms with E-state index in [1.54, 1.807) is 0 Å². The van der Waals surface area contributed by atoms with Crippen LogP contribution in [0.3, 0.4) is 0 Å². The van der Waals surface area contributed by atoms with Crippen LogP contribution in [-0.4, -0.2) is 37.2 Å². The second kappa shape index (κ2) is 56.7. The molecule has 0 saturated heterocycles. The summed E-state index contributed by atoms with van der Waals surface area (Å²) in [5.74, 6) is -0.871. The van der Waals surface area contributed by atoms with Gasteiger partial charge in [-0.2, -0.15) is 0 Å². The van der Waals surface area contributed by atoms with Crippen LogP contribution in [0.5, 0.6) is 0 Å². The molecule has 1 atom stereocenters. The Morgan fingerprint density at radius 3 is 0.897 bits per heavy atom. The number of hydrogen-bond acceptors (Lipinski definition) is 6. The molecule has 0 aromatic carbocycles. The Kier molecular flexibility index (Phi) is 54.3. The third-order valence-electron chi connectivity index (χ3n) is 12.8. The SMILES string of the molecule is CC/C=C\C/C=C\C/C=C\C/C=C\C/C=C\CCCCCCCCCCCCCC(=O)OCC(COC(=O)CCCCCCCC)OC(=O)CCCCCCCCCCCCCCCCCCC. The van der Waals surface area contributed by atoms with E-state index in [1.165, 1.54) is 167 Å². The van der Waals surface area contributed by atoms with Gasteiger partial charge in [-0.15, -0.1) is 0 Å². The number of esters is 3. The summed E-state index contributed by atoms with van der Waals surface area (Å²) >= 11 is 0. The van der Waals surface area contributed by atoms with Crippen LogP contribution in [0.4, 0.5) is 0 Å². The molecule has 0 N–H and O–H groups in total. The van der Waals surface area contributed by atoms with Gasteiger partial charge in [0.05, 0.1) is 0 Å². The first-order chi connectivity index (χ1) is 33.5. The van der Waals surface area contributed by atoms with Gasteiger partial charge in [-0.1, -0.05) is 274 Å². The minimum atomic E-state index is -0.769. The van der Waals surface area contributed by atoms with Crippen molar-refractivity contribution in [2.75, 3.05) is 13.2 Å². The smallest absolute Gasteiger partial charge is 0.306 e. The summed E-state index contributed by atoms with van der Waals surface area (Å²) in [7, 11) is 0. The molecule has 6 heteroatoms. The van der Waals surface area contributed by atoms with E-state index < -0.39 is 6.10 Å². The maximum atomic E-state index is 12.8. The van der Waals surface area contributed by atoms with Crippen LogP contribution in [0, 0.1) is 0 Å². The molecule has 0 radical (unpaired) electrons. The van der Waals surface area contributed by atoms with E-state index in [-0.39, 0.29) is 31.1 Å². The number of allylic oxidation sites excluding steroid dienone is 10. The third-order valence-corrected chi connectivity index (χ3v) is 12.8. The van der Waals surface area contributed by atoms with Crippen molar-refractivity contribution in [2.45, 2.75) is 303 Å². The second-order valence-electron chi connectivity index (χ2n) is 19.5. The van der Waals surface area contributed by atoms with Crippen molar-refractivity contribution in [1.29, 1.82) is 0 Å². The van der Waals surface area contributed by atoms with Gasteiger partial charge in [-0.3, -0.25) is 14.4 Å². The van der Waals surface area contributed by atoms with Gasteiger partial charge in [0.2, 0.25) is 0 Å². The average molecular weight is 952 g/mol. The van der Waals surface area contributed by atoms with Crippen LogP contribution in [0.2, 0.25) is 0 Å². The molecule has 68 heavy (non-hydrogen) atoms. The second-order valence-corrected chi connectivity index (χ2v) is 19.5. The van der Waals surface area contributed by atoms with E-state index in [2.05, 4.69) is 81.5 Å². The fourth-order valence-corrected chi connectivity index (χ4v) is 8.41. The Balaban J connectivity index is 4.09. The van der Waals surface area contributed by atoms with E-state index in [9.17, 15) is 14.4 Å². The lowest BCUT2D eigenvalue weighted by Crippen LogP contribution is -2.30. The Labute approximate surface area is 421 Å². The molecular weight excluding hydrogens is 841 g/mol. The number of carbonyl (C=O) groups excluding carboxylic acids is 3. The van der Waals surface area contributed by atoms with Gasteiger partial charge < -0.3 is 14.2 Å². The lowest BCUT2D eigenvalue weighted by Gasteiger charge is -2.18. The van der Waals surface area contributed by atoms with Crippen LogP contribution in [0.15, 0.2) is 60.8 Å². The standard InChI is InChI=1S/C62H110O6/c1-4-7-10-13-16-18-20-22-24-26-27-28-29-30-31-32-33-34-35-37-38-40-42-44-46-49-52-55-61(64)67-58-59(57-66-60(63)54-51-48-15-12-9-6-3)68-62(65)56-53-50-47-45-43-41-39-36-25-23-21-19-17-14-11-8-5-2/h7,10,16,18,22,24,27-28,30-31,59H,4-6,8-9,11-15,17,19-21,23,25-26,29,32-58H2,1-3H3/b10-7-,18-16-,24-22-,28-27-,31-30-. The van der Waals surface area contributed by atoms with Crippen LogP contribution in [0.1, 0.15) is 297 Å². The lowest BCUT2D eigenvalue weighted by atomic mass is 10.0. The molecule has 0 aromatic heterocycles. The van der Waals surface area contributed by atoms with Crippen molar-refractivity contribution in [3.8, 4) is 0 Å². The van der Waals surface area contributed by atoms with E-state index in [1.807, 2.05) is 0 Å². The zero-order valence-corrected chi connectivity index (χ0v) is 45.1. The molecule has 0 spiro atoms. The summed E-state index contributed by atoms with van der Waals surface area (Å²) in [6.45, 7) is 6.50. The fourth-order valence-electron chi connectivity index (χ4n) is 8.41. The first-order valence-corrected chi connectivity index (χ1v) is 29.3. The van der Waals surface area contributed by atoms with E-state index in [0.717, 1.165) is 89.9 Å². The predicted molar refractivity (Wildman–Crippen MR) is 293 cm³/mol. The van der Waals surface area contributed by atoms with Crippen LogP contribution >= 0.6 is 0 Å². The Morgan fingerprint density at radius 2 is 0.574 bits per heavy atom. The summed E-state index contributed by atoms with van der Waals surface area (Å²) < 4.78 is 16.8. The largest absolute Gasteiger partial charge is 0.462 e. The molecule has 0 heterocycles. The van der Waals surface area contributed by atoms with E-state index in [4.69, 9.17) is 14.2 Å². The molecule has 0 saturated carbocycles.